The Kier molecular flexibility index (Phi) is 5.81. The van der Waals surface area contributed by atoms with Crippen LogP contribution in [-0.2, 0) is 14.3 Å². The van der Waals surface area contributed by atoms with Crippen LogP contribution in [0, 0.1) is 20.8 Å². The summed E-state index contributed by atoms with van der Waals surface area (Å²) in [5, 5.41) is 13.1. The Hall–Kier alpha value is -2.42. The second kappa shape index (κ2) is 8.37. The van der Waals surface area contributed by atoms with Gasteiger partial charge in [0.15, 0.2) is 0 Å². The Bertz CT molecular complexity index is 986. The minimum atomic E-state index is -0.620. The lowest BCUT2D eigenvalue weighted by Crippen LogP contribution is -2.42. The molecule has 1 amide bonds. The first-order chi connectivity index (χ1) is 14.4. The number of carbonyl (C=O) groups is 2. The van der Waals surface area contributed by atoms with Gasteiger partial charge in [0.1, 0.15) is 5.76 Å². The van der Waals surface area contributed by atoms with E-state index in [2.05, 4.69) is 9.88 Å². The highest BCUT2D eigenvalue weighted by atomic mass is 32.1. The number of H-pyrrole nitrogens is 1. The first-order valence-electron chi connectivity index (χ1n) is 10.2. The molecule has 8 heteroatoms. The van der Waals surface area contributed by atoms with Gasteiger partial charge in [-0.15, -0.1) is 11.3 Å². The van der Waals surface area contributed by atoms with Crippen LogP contribution in [0.25, 0.3) is 5.76 Å². The molecule has 2 aromatic heterocycles. The van der Waals surface area contributed by atoms with Crippen molar-refractivity contribution in [2.75, 3.05) is 39.4 Å². The minimum absolute atomic E-state index is 0.0972. The summed E-state index contributed by atoms with van der Waals surface area (Å²) in [5.74, 6) is -1.27. The number of aliphatic hydroxyl groups is 1. The van der Waals surface area contributed by atoms with E-state index < -0.39 is 17.7 Å². The van der Waals surface area contributed by atoms with Gasteiger partial charge in [0.2, 0.25) is 0 Å². The Balaban J connectivity index is 1.74. The van der Waals surface area contributed by atoms with Crippen molar-refractivity contribution < 1.29 is 19.4 Å². The maximum atomic E-state index is 13.1. The maximum absolute atomic E-state index is 13.1. The van der Waals surface area contributed by atoms with Crippen LogP contribution in [0.2, 0.25) is 0 Å². The van der Waals surface area contributed by atoms with Crippen LogP contribution in [0.15, 0.2) is 23.1 Å². The number of aryl methyl sites for hydroxylation is 2. The van der Waals surface area contributed by atoms with Crippen molar-refractivity contribution in [2.45, 2.75) is 26.8 Å². The predicted octanol–water partition coefficient (Wildman–Crippen LogP) is 2.76. The molecule has 30 heavy (non-hydrogen) atoms. The number of morpholine rings is 1. The number of hydrogen-bond acceptors (Lipinski definition) is 6. The average Bonchev–Trinajstić information content (AvgIpc) is 3.41. The zero-order valence-electron chi connectivity index (χ0n) is 17.5. The third kappa shape index (κ3) is 3.59. The number of nitrogens with zero attached hydrogens (tertiary/aromatic N) is 2. The molecule has 0 spiro atoms. The predicted molar refractivity (Wildman–Crippen MR) is 116 cm³/mol. The average molecular weight is 430 g/mol. The number of likely N-dealkylation sites (tertiary alicyclic amines) is 1. The number of aliphatic hydroxyl groups excluding tert-OH is 1. The maximum Gasteiger partial charge on any atom is 0.295 e. The van der Waals surface area contributed by atoms with E-state index in [9.17, 15) is 14.7 Å². The Morgan fingerprint density at radius 1 is 1.20 bits per heavy atom. The number of amides is 1. The fraction of sp³-hybridized carbons (Fsp3) is 0.455. The molecule has 1 unspecified atom stereocenters. The van der Waals surface area contributed by atoms with Crippen molar-refractivity contribution in [1.29, 1.82) is 0 Å². The summed E-state index contributed by atoms with van der Waals surface area (Å²) in [5.41, 5.74) is 3.39. The van der Waals surface area contributed by atoms with Crippen LogP contribution in [0.3, 0.4) is 0 Å². The first-order valence-corrected chi connectivity index (χ1v) is 11.1. The number of ketones is 1. The summed E-state index contributed by atoms with van der Waals surface area (Å²) >= 11 is 1.49. The number of nitrogens with one attached hydrogen (secondary N) is 1. The van der Waals surface area contributed by atoms with Gasteiger partial charge >= 0.3 is 0 Å². The lowest BCUT2D eigenvalue weighted by atomic mass is 9.98. The van der Waals surface area contributed by atoms with Crippen molar-refractivity contribution >= 4 is 28.8 Å². The molecule has 0 bridgehead atoms. The molecule has 2 aliphatic rings. The summed E-state index contributed by atoms with van der Waals surface area (Å²) in [4.78, 5) is 34.0. The molecular formula is C22H27N3O4S. The lowest BCUT2D eigenvalue weighted by molar-refractivity contribution is -0.140. The Morgan fingerprint density at radius 2 is 1.93 bits per heavy atom. The normalized spacial score (nSPS) is 22.2. The molecule has 4 rings (SSSR count). The molecule has 0 aromatic carbocycles. The lowest BCUT2D eigenvalue weighted by Gasteiger charge is -2.30. The van der Waals surface area contributed by atoms with Gasteiger partial charge < -0.3 is 19.7 Å². The van der Waals surface area contributed by atoms with E-state index in [-0.39, 0.29) is 11.3 Å². The molecule has 0 aliphatic carbocycles. The molecule has 2 saturated heterocycles. The highest BCUT2D eigenvalue weighted by Gasteiger charge is 2.46. The number of thiophene rings is 1. The second-order valence-electron chi connectivity index (χ2n) is 7.84. The van der Waals surface area contributed by atoms with E-state index in [0.29, 0.717) is 31.9 Å². The third-order valence-electron chi connectivity index (χ3n) is 6.04. The molecule has 2 N–H and O–H groups in total. The highest BCUT2D eigenvalue weighted by molar-refractivity contribution is 7.10. The quantitative estimate of drug-likeness (QED) is 0.434. The van der Waals surface area contributed by atoms with Gasteiger partial charge in [0.25, 0.3) is 11.7 Å². The zero-order valence-corrected chi connectivity index (χ0v) is 18.3. The summed E-state index contributed by atoms with van der Waals surface area (Å²) in [6, 6.07) is 3.25. The fourth-order valence-corrected chi connectivity index (χ4v) is 5.17. The SMILES string of the molecule is Cc1[nH]c(C)c(/C(O)=C2\C(=O)C(=O)N(CCN3CCOCC3)C2c2cccs2)c1C. The van der Waals surface area contributed by atoms with E-state index in [1.54, 1.807) is 4.90 Å². The van der Waals surface area contributed by atoms with Crippen LogP contribution in [0.4, 0.5) is 0 Å². The Morgan fingerprint density at radius 3 is 2.53 bits per heavy atom. The zero-order chi connectivity index (χ0) is 21.4. The fourth-order valence-electron chi connectivity index (χ4n) is 4.32. The van der Waals surface area contributed by atoms with Crippen LogP contribution < -0.4 is 0 Å². The second-order valence-corrected chi connectivity index (χ2v) is 8.82. The number of ether oxygens (including phenoxy) is 1. The van der Waals surface area contributed by atoms with Gasteiger partial charge in [-0.05, 0) is 37.8 Å². The van der Waals surface area contributed by atoms with Crippen molar-refractivity contribution in [3.63, 3.8) is 0 Å². The van der Waals surface area contributed by atoms with Gasteiger partial charge in [0.05, 0.1) is 24.8 Å². The van der Waals surface area contributed by atoms with Gasteiger partial charge in [-0.2, -0.15) is 0 Å². The van der Waals surface area contributed by atoms with Gasteiger partial charge in [0, 0.05) is 48.0 Å². The molecule has 160 valence electrons. The molecule has 0 saturated carbocycles. The number of aromatic nitrogens is 1. The number of carbonyl (C=O) groups excluding carboxylic acids is 2. The highest BCUT2D eigenvalue weighted by Crippen LogP contribution is 2.42. The van der Waals surface area contributed by atoms with E-state index in [4.69, 9.17) is 4.74 Å². The third-order valence-corrected chi connectivity index (χ3v) is 6.96. The van der Waals surface area contributed by atoms with Crippen LogP contribution in [0.1, 0.15) is 33.4 Å². The monoisotopic (exact) mass is 429 g/mol. The number of aromatic amines is 1. The van der Waals surface area contributed by atoms with Crippen molar-refractivity contribution in [1.82, 2.24) is 14.8 Å². The topological polar surface area (TPSA) is 85.9 Å². The van der Waals surface area contributed by atoms with Crippen LogP contribution >= 0.6 is 11.3 Å². The standard InChI is InChI=1S/C22H27N3O4S/c1-13-14(2)23-15(3)17(13)20(26)18-19(16-5-4-12-30-16)25(22(28)21(18)27)7-6-24-8-10-29-11-9-24/h4-5,12,19,23,26H,6-11H2,1-3H3/b20-18+. The van der Waals surface area contributed by atoms with Crippen LogP contribution in [0.5, 0.6) is 0 Å². The van der Waals surface area contributed by atoms with Crippen molar-refractivity contribution in [3.8, 4) is 0 Å². The van der Waals surface area contributed by atoms with E-state index in [1.807, 2.05) is 38.3 Å². The van der Waals surface area contributed by atoms with Crippen molar-refractivity contribution in [2.24, 2.45) is 0 Å². The Labute approximate surface area is 179 Å². The molecule has 2 fully saturated rings. The smallest absolute Gasteiger partial charge is 0.295 e. The summed E-state index contributed by atoms with van der Waals surface area (Å²) < 4.78 is 5.39. The van der Waals surface area contributed by atoms with Crippen molar-refractivity contribution in [3.05, 3.63) is 50.5 Å². The molecule has 0 radical (unpaired) electrons. The molecule has 1 atom stereocenters. The molecule has 2 aliphatic heterocycles. The summed E-state index contributed by atoms with van der Waals surface area (Å²) in [7, 11) is 0. The number of Topliss-reactive ketones (excluding diaryl/α,β-unsaturated/α-hetero) is 1. The molecule has 2 aromatic rings. The summed E-state index contributed by atoms with van der Waals surface area (Å²) in [6.45, 7) is 9.77. The molecule has 4 heterocycles. The molecular weight excluding hydrogens is 402 g/mol. The number of rotatable bonds is 5. The first kappa shape index (κ1) is 20.8. The minimum Gasteiger partial charge on any atom is -0.507 e. The number of hydrogen-bond donors (Lipinski definition) is 2. The van der Waals surface area contributed by atoms with Crippen LogP contribution in [-0.4, -0.2) is 71.0 Å². The van der Waals surface area contributed by atoms with E-state index >= 15 is 0 Å². The summed E-state index contributed by atoms with van der Waals surface area (Å²) in [6.07, 6.45) is 0. The van der Waals surface area contributed by atoms with Gasteiger partial charge in [-0.1, -0.05) is 6.07 Å². The van der Waals surface area contributed by atoms with Gasteiger partial charge in [-0.3, -0.25) is 14.5 Å². The molecule has 7 nitrogen and oxygen atoms in total. The largest absolute Gasteiger partial charge is 0.507 e. The van der Waals surface area contributed by atoms with E-state index in [1.165, 1.54) is 11.3 Å². The van der Waals surface area contributed by atoms with Gasteiger partial charge in [-0.25, -0.2) is 0 Å². The van der Waals surface area contributed by atoms with E-state index in [0.717, 1.165) is 34.9 Å².